The third-order valence-electron chi connectivity index (χ3n) is 5.34. The van der Waals surface area contributed by atoms with Gasteiger partial charge in [0.05, 0.1) is 30.5 Å². The Bertz CT molecular complexity index is 875. The second kappa shape index (κ2) is 8.56. The summed E-state index contributed by atoms with van der Waals surface area (Å²) in [4.78, 5) is 33.5. The standard InChI is InChI=1S/C21H27N3O4/c1-5-28-21(26)17-13-22-18-7-6-14(20(25)27-4)12-16(18)19(17)24(3)15-8-10-23(2)11-9-15/h6-7,12-13,15H,5,8-11H2,1-4H3. The molecule has 0 aliphatic carbocycles. The lowest BCUT2D eigenvalue weighted by Gasteiger charge is -2.37. The van der Waals surface area contributed by atoms with Crippen LogP contribution in [0.15, 0.2) is 24.4 Å². The molecule has 1 saturated heterocycles. The van der Waals surface area contributed by atoms with Gasteiger partial charge in [0.1, 0.15) is 5.56 Å². The van der Waals surface area contributed by atoms with Crippen LogP contribution in [0.1, 0.15) is 40.5 Å². The first-order valence-corrected chi connectivity index (χ1v) is 9.55. The number of likely N-dealkylation sites (tertiary alicyclic amines) is 1. The largest absolute Gasteiger partial charge is 0.465 e. The molecule has 7 heteroatoms. The van der Waals surface area contributed by atoms with Crippen molar-refractivity contribution in [3.8, 4) is 0 Å². The molecule has 1 aliphatic heterocycles. The van der Waals surface area contributed by atoms with Crippen LogP contribution in [0, 0.1) is 0 Å². The lowest BCUT2D eigenvalue weighted by atomic mass is 10.00. The van der Waals surface area contributed by atoms with Crippen LogP contribution in [0.25, 0.3) is 10.9 Å². The van der Waals surface area contributed by atoms with E-state index in [9.17, 15) is 9.59 Å². The van der Waals surface area contributed by atoms with E-state index in [4.69, 9.17) is 9.47 Å². The van der Waals surface area contributed by atoms with E-state index in [1.54, 1.807) is 31.3 Å². The first-order chi connectivity index (χ1) is 13.5. The highest BCUT2D eigenvalue weighted by molar-refractivity contribution is 6.07. The first kappa shape index (κ1) is 20.1. The van der Waals surface area contributed by atoms with Crippen molar-refractivity contribution in [2.45, 2.75) is 25.8 Å². The fourth-order valence-corrected chi connectivity index (χ4v) is 3.73. The van der Waals surface area contributed by atoms with Crippen molar-refractivity contribution >= 4 is 28.5 Å². The van der Waals surface area contributed by atoms with Crippen LogP contribution >= 0.6 is 0 Å². The lowest BCUT2D eigenvalue weighted by Crippen LogP contribution is -2.42. The average molecular weight is 385 g/mol. The Morgan fingerprint density at radius 2 is 1.96 bits per heavy atom. The summed E-state index contributed by atoms with van der Waals surface area (Å²) in [6, 6.07) is 5.50. The third-order valence-corrected chi connectivity index (χ3v) is 5.34. The van der Waals surface area contributed by atoms with E-state index < -0.39 is 11.9 Å². The number of carbonyl (C=O) groups excluding carboxylic acids is 2. The molecule has 1 fully saturated rings. The number of pyridine rings is 1. The molecule has 2 heterocycles. The molecule has 28 heavy (non-hydrogen) atoms. The Kier molecular flexibility index (Phi) is 6.14. The van der Waals surface area contributed by atoms with Gasteiger partial charge in [-0.1, -0.05) is 0 Å². The van der Waals surface area contributed by atoms with Gasteiger partial charge >= 0.3 is 11.9 Å². The van der Waals surface area contributed by atoms with Gasteiger partial charge in [-0.15, -0.1) is 0 Å². The normalized spacial score (nSPS) is 15.4. The number of esters is 2. The Hall–Kier alpha value is -2.67. The van der Waals surface area contributed by atoms with E-state index in [2.05, 4.69) is 21.8 Å². The first-order valence-electron chi connectivity index (χ1n) is 9.55. The molecule has 0 atom stereocenters. The molecule has 0 N–H and O–H groups in total. The van der Waals surface area contributed by atoms with Crippen LogP contribution in [-0.2, 0) is 9.47 Å². The van der Waals surface area contributed by atoms with Gasteiger partial charge in [-0.3, -0.25) is 4.98 Å². The predicted molar refractivity (Wildman–Crippen MR) is 108 cm³/mol. The van der Waals surface area contributed by atoms with Gasteiger partial charge in [-0.2, -0.15) is 0 Å². The van der Waals surface area contributed by atoms with Crippen molar-refractivity contribution in [2.24, 2.45) is 0 Å². The average Bonchev–Trinajstić information content (AvgIpc) is 2.72. The minimum atomic E-state index is -0.420. The van der Waals surface area contributed by atoms with E-state index in [-0.39, 0.29) is 12.6 Å². The summed E-state index contributed by atoms with van der Waals surface area (Å²) in [5, 5.41) is 0.745. The molecule has 0 spiro atoms. The maximum atomic E-state index is 12.6. The second-order valence-electron chi connectivity index (χ2n) is 7.11. The monoisotopic (exact) mass is 385 g/mol. The number of fused-ring (bicyclic) bond motifs is 1. The molecule has 1 aliphatic rings. The molecule has 1 aromatic carbocycles. The highest BCUT2D eigenvalue weighted by atomic mass is 16.5. The summed E-state index contributed by atoms with van der Waals surface area (Å²) < 4.78 is 10.1. The Balaban J connectivity index is 2.14. The molecule has 0 saturated carbocycles. The molecule has 1 aromatic heterocycles. The second-order valence-corrected chi connectivity index (χ2v) is 7.11. The van der Waals surface area contributed by atoms with Gasteiger partial charge in [0.2, 0.25) is 0 Å². The molecule has 0 unspecified atom stereocenters. The SMILES string of the molecule is CCOC(=O)c1cnc2ccc(C(=O)OC)cc2c1N(C)C1CCN(C)CC1. The fourth-order valence-electron chi connectivity index (χ4n) is 3.73. The maximum absolute atomic E-state index is 12.6. The zero-order valence-electron chi connectivity index (χ0n) is 16.9. The minimum Gasteiger partial charge on any atom is -0.465 e. The van der Waals surface area contributed by atoms with Gasteiger partial charge < -0.3 is 19.3 Å². The topological polar surface area (TPSA) is 72.0 Å². The van der Waals surface area contributed by atoms with E-state index in [1.807, 2.05) is 7.05 Å². The number of rotatable bonds is 5. The zero-order chi connectivity index (χ0) is 20.3. The van der Waals surface area contributed by atoms with Crippen molar-refractivity contribution in [3.63, 3.8) is 0 Å². The van der Waals surface area contributed by atoms with Crippen molar-refractivity contribution in [1.29, 1.82) is 0 Å². The highest BCUT2D eigenvalue weighted by Crippen LogP contribution is 2.33. The predicted octanol–water partition coefficient (Wildman–Crippen LogP) is 2.73. The number of ether oxygens (including phenoxy) is 2. The van der Waals surface area contributed by atoms with Gasteiger partial charge in [-0.05, 0) is 58.1 Å². The molecule has 150 valence electrons. The zero-order valence-corrected chi connectivity index (χ0v) is 16.9. The number of carbonyl (C=O) groups is 2. The van der Waals surface area contributed by atoms with Gasteiger partial charge in [-0.25, -0.2) is 9.59 Å². The van der Waals surface area contributed by atoms with E-state index in [1.165, 1.54) is 7.11 Å². The summed E-state index contributed by atoms with van der Waals surface area (Å²) in [5.41, 5.74) is 2.31. The van der Waals surface area contributed by atoms with Crippen molar-refractivity contribution < 1.29 is 19.1 Å². The van der Waals surface area contributed by atoms with E-state index >= 15 is 0 Å². The molecule has 0 amide bonds. The summed E-state index contributed by atoms with van der Waals surface area (Å²) in [6.45, 7) is 4.07. The number of aromatic nitrogens is 1. The van der Waals surface area contributed by atoms with Crippen molar-refractivity contribution in [2.75, 3.05) is 45.8 Å². The number of benzene rings is 1. The summed E-state index contributed by atoms with van der Waals surface area (Å²) in [5.74, 6) is -0.827. The smallest absolute Gasteiger partial charge is 0.341 e. The van der Waals surface area contributed by atoms with Crippen LogP contribution in [-0.4, -0.2) is 68.8 Å². The van der Waals surface area contributed by atoms with Crippen LogP contribution in [0.2, 0.25) is 0 Å². The molecule has 0 bridgehead atoms. The van der Waals surface area contributed by atoms with Crippen molar-refractivity contribution in [1.82, 2.24) is 9.88 Å². The summed E-state index contributed by atoms with van der Waals surface area (Å²) >= 11 is 0. The van der Waals surface area contributed by atoms with Gasteiger partial charge in [0.25, 0.3) is 0 Å². The van der Waals surface area contributed by atoms with E-state index in [0.29, 0.717) is 11.1 Å². The number of hydrogen-bond acceptors (Lipinski definition) is 7. The lowest BCUT2D eigenvalue weighted by molar-refractivity contribution is 0.0525. The van der Waals surface area contributed by atoms with Crippen molar-refractivity contribution in [3.05, 3.63) is 35.5 Å². The molecule has 3 rings (SSSR count). The molecule has 0 radical (unpaired) electrons. The minimum absolute atomic E-state index is 0.288. The Labute approximate surface area is 165 Å². The van der Waals surface area contributed by atoms with Crippen LogP contribution in [0.4, 0.5) is 5.69 Å². The summed E-state index contributed by atoms with van der Waals surface area (Å²) in [7, 11) is 5.47. The van der Waals surface area contributed by atoms with Crippen LogP contribution < -0.4 is 4.90 Å². The van der Waals surface area contributed by atoms with E-state index in [0.717, 1.165) is 42.5 Å². The molecular formula is C21H27N3O4. The highest BCUT2D eigenvalue weighted by Gasteiger charge is 2.27. The number of nitrogens with zero attached hydrogens (tertiary/aromatic N) is 3. The number of methoxy groups -OCH3 is 1. The number of anilines is 1. The number of piperidine rings is 1. The Morgan fingerprint density at radius 1 is 1.25 bits per heavy atom. The fraction of sp³-hybridized carbons (Fsp3) is 0.476. The maximum Gasteiger partial charge on any atom is 0.341 e. The Morgan fingerprint density at radius 3 is 2.61 bits per heavy atom. The molecular weight excluding hydrogens is 358 g/mol. The third kappa shape index (κ3) is 3.94. The number of hydrogen-bond donors (Lipinski definition) is 0. The van der Waals surface area contributed by atoms with Gasteiger partial charge in [0, 0.05) is 24.7 Å². The summed E-state index contributed by atoms with van der Waals surface area (Å²) in [6.07, 6.45) is 3.56. The van der Waals surface area contributed by atoms with Gasteiger partial charge in [0.15, 0.2) is 0 Å². The molecule has 2 aromatic rings. The quantitative estimate of drug-likeness (QED) is 0.733. The van der Waals surface area contributed by atoms with Crippen LogP contribution in [0.5, 0.6) is 0 Å². The molecule has 7 nitrogen and oxygen atoms in total. The van der Waals surface area contributed by atoms with Crippen LogP contribution in [0.3, 0.4) is 0 Å².